The number of hydrogen-bond acceptors (Lipinski definition) is 2. The third-order valence-electron chi connectivity index (χ3n) is 1.37. The Morgan fingerprint density at radius 2 is 2.17 bits per heavy atom. The zero-order valence-corrected chi connectivity index (χ0v) is 6.88. The summed E-state index contributed by atoms with van der Waals surface area (Å²) in [5.74, 6) is -0.946. The third-order valence-corrected chi connectivity index (χ3v) is 1.74. The Morgan fingerprint density at radius 1 is 1.50 bits per heavy atom. The molecule has 0 fully saturated rings. The molecule has 0 radical (unpaired) electrons. The summed E-state index contributed by atoms with van der Waals surface area (Å²) < 4.78 is 0. The molecule has 0 bridgehead atoms. The Labute approximate surface area is 74.2 Å². The number of hydrogen-bond donors (Lipinski definition) is 2. The SMILES string of the molecule is O=C(O)Cc1cc(O)ccc1Cl. The largest absolute Gasteiger partial charge is 0.508 e. The van der Waals surface area contributed by atoms with Crippen molar-refractivity contribution in [3.8, 4) is 5.75 Å². The smallest absolute Gasteiger partial charge is 0.307 e. The van der Waals surface area contributed by atoms with E-state index >= 15 is 0 Å². The van der Waals surface area contributed by atoms with E-state index in [4.69, 9.17) is 21.8 Å². The standard InChI is InChI=1S/C8H7ClO3/c9-7-2-1-6(10)3-5(7)4-8(11)12/h1-3,10H,4H2,(H,11,12). The van der Waals surface area contributed by atoms with Crippen LogP contribution in [0.4, 0.5) is 0 Å². The van der Waals surface area contributed by atoms with Crippen LogP contribution in [0.3, 0.4) is 0 Å². The highest BCUT2D eigenvalue weighted by Crippen LogP contribution is 2.21. The molecule has 0 saturated carbocycles. The molecule has 0 atom stereocenters. The summed E-state index contributed by atoms with van der Waals surface area (Å²) in [6.07, 6.45) is -0.173. The Morgan fingerprint density at radius 3 is 2.75 bits per heavy atom. The minimum absolute atomic E-state index is 0.0238. The van der Waals surface area contributed by atoms with Crippen LogP contribution in [-0.4, -0.2) is 16.2 Å². The van der Waals surface area contributed by atoms with Crippen LogP contribution in [-0.2, 0) is 11.2 Å². The highest BCUT2D eigenvalue weighted by molar-refractivity contribution is 6.31. The first kappa shape index (κ1) is 8.87. The second kappa shape index (κ2) is 3.45. The van der Waals surface area contributed by atoms with Crippen LogP contribution < -0.4 is 0 Å². The number of rotatable bonds is 2. The van der Waals surface area contributed by atoms with Crippen molar-refractivity contribution >= 4 is 17.6 Å². The fourth-order valence-corrected chi connectivity index (χ4v) is 1.04. The Hall–Kier alpha value is -1.22. The Kier molecular flexibility index (Phi) is 2.55. The lowest BCUT2D eigenvalue weighted by Crippen LogP contribution is -2.00. The van der Waals surface area contributed by atoms with Gasteiger partial charge in [0.05, 0.1) is 6.42 Å². The average Bonchev–Trinajstić information content (AvgIpc) is 1.96. The number of carbonyl (C=O) groups is 1. The molecule has 0 aliphatic rings. The molecule has 0 unspecified atom stereocenters. The monoisotopic (exact) mass is 186 g/mol. The summed E-state index contributed by atoms with van der Waals surface area (Å²) in [6, 6.07) is 4.22. The first-order valence-corrected chi connectivity index (χ1v) is 3.66. The second-order valence-corrected chi connectivity index (χ2v) is 2.75. The number of carboxylic acids is 1. The zero-order chi connectivity index (χ0) is 9.14. The van der Waals surface area contributed by atoms with E-state index in [0.29, 0.717) is 10.6 Å². The molecule has 12 heavy (non-hydrogen) atoms. The first-order valence-electron chi connectivity index (χ1n) is 3.29. The van der Waals surface area contributed by atoms with Crippen LogP contribution in [0.15, 0.2) is 18.2 Å². The van der Waals surface area contributed by atoms with Gasteiger partial charge in [-0.1, -0.05) is 11.6 Å². The molecular formula is C8H7ClO3. The maximum atomic E-state index is 10.3. The van der Waals surface area contributed by atoms with Gasteiger partial charge < -0.3 is 10.2 Å². The average molecular weight is 187 g/mol. The molecule has 0 amide bonds. The highest BCUT2D eigenvalue weighted by atomic mass is 35.5. The molecule has 3 nitrogen and oxygen atoms in total. The fourth-order valence-electron chi connectivity index (χ4n) is 0.860. The molecule has 0 heterocycles. The van der Waals surface area contributed by atoms with Gasteiger partial charge in [-0.25, -0.2) is 0 Å². The van der Waals surface area contributed by atoms with Crippen molar-refractivity contribution in [2.24, 2.45) is 0 Å². The number of phenols is 1. The summed E-state index contributed by atoms with van der Waals surface area (Å²) in [5, 5.41) is 17.8. The van der Waals surface area contributed by atoms with Crippen LogP contribution in [0.2, 0.25) is 5.02 Å². The fraction of sp³-hybridized carbons (Fsp3) is 0.125. The van der Waals surface area contributed by atoms with E-state index < -0.39 is 5.97 Å². The van der Waals surface area contributed by atoms with Gasteiger partial charge in [-0.3, -0.25) is 4.79 Å². The molecule has 1 rings (SSSR count). The Bertz CT molecular complexity index is 309. The molecule has 0 aliphatic heterocycles. The first-order chi connectivity index (χ1) is 5.59. The molecule has 0 aliphatic carbocycles. The van der Waals surface area contributed by atoms with Crippen molar-refractivity contribution in [2.75, 3.05) is 0 Å². The van der Waals surface area contributed by atoms with Crippen LogP contribution in [0.1, 0.15) is 5.56 Å². The van der Waals surface area contributed by atoms with Crippen molar-refractivity contribution in [1.29, 1.82) is 0 Å². The zero-order valence-electron chi connectivity index (χ0n) is 6.12. The lowest BCUT2D eigenvalue weighted by atomic mass is 10.1. The molecule has 4 heteroatoms. The van der Waals surface area contributed by atoms with Gasteiger partial charge in [-0.15, -0.1) is 0 Å². The molecule has 0 aromatic heterocycles. The van der Waals surface area contributed by atoms with Crippen LogP contribution in [0.25, 0.3) is 0 Å². The number of aliphatic carboxylic acids is 1. The third kappa shape index (κ3) is 2.13. The van der Waals surface area contributed by atoms with Gasteiger partial charge >= 0.3 is 5.97 Å². The van der Waals surface area contributed by atoms with Gasteiger partial charge in [0.2, 0.25) is 0 Å². The summed E-state index contributed by atoms with van der Waals surface area (Å²) in [7, 11) is 0. The topological polar surface area (TPSA) is 57.5 Å². The lowest BCUT2D eigenvalue weighted by Gasteiger charge is -2.00. The quantitative estimate of drug-likeness (QED) is 0.739. The molecular weight excluding hydrogens is 180 g/mol. The summed E-state index contributed by atoms with van der Waals surface area (Å²) in [4.78, 5) is 10.3. The van der Waals surface area contributed by atoms with E-state index in [2.05, 4.69) is 0 Å². The number of halogens is 1. The summed E-state index contributed by atoms with van der Waals surface area (Å²) in [5.41, 5.74) is 0.421. The molecule has 0 spiro atoms. The lowest BCUT2D eigenvalue weighted by molar-refractivity contribution is -0.136. The maximum absolute atomic E-state index is 10.3. The van der Waals surface area contributed by atoms with Crippen LogP contribution >= 0.6 is 11.6 Å². The predicted octanol–water partition coefficient (Wildman–Crippen LogP) is 1.67. The number of phenolic OH excluding ortho intramolecular Hbond substituents is 1. The summed E-state index contributed by atoms with van der Waals surface area (Å²) >= 11 is 5.67. The number of aromatic hydroxyl groups is 1. The van der Waals surface area contributed by atoms with Crippen molar-refractivity contribution in [3.63, 3.8) is 0 Å². The van der Waals surface area contributed by atoms with Gasteiger partial charge in [0, 0.05) is 5.02 Å². The van der Waals surface area contributed by atoms with E-state index in [1.807, 2.05) is 0 Å². The predicted molar refractivity (Wildman–Crippen MR) is 44.5 cm³/mol. The Balaban J connectivity index is 2.97. The van der Waals surface area contributed by atoms with Crippen molar-refractivity contribution in [2.45, 2.75) is 6.42 Å². The van der Waals surface area contributed by atoms with Gasteiger partial charge in [0.1, 0.15) is 5.75 Å². The summed E-state index contributed by atoms with van der Waals surface area (Å²) in [6.45, 7) is 0. The minimum atomic E-state index is -0.970. The molecule has 1 aromatic rings. The molecule has 64 valence electrons. The van der Waals surface area contributed by atoms with Gasteiger partial charge in [-0.05, 0) is 23.8 Å². The van der Waals surface area contributed by atoms with Crippen LogP contribution in [0, 0.1) is 0 Å². The van der Waals surface area contributed by atoms with E-state index in [0.717, 1.165) is 0 Å². The second-order valence-electron chi connectivity index (χ2n) is 2.35. The van der Waals surface area contributed by atoms with E-state index in [-0.39, 0.29) is 12.2 Å². The molecule has 1 aromatic carbocycles. The van der Waals surface area contributed by atoms with E-state index in [1.54, 1.807) is 0 Å². The van der Waals surface area contributed by atoms with E-state index in [1.165, 1.54) is 18.2 Å². The highest BCUT2D eigenvalue weighted by Gasteiger charge is 2.05. The molecule has 0 saturated heterocycles. The van der Waals surface area contributed by atoms with Crippen molar-refractivity contribution in [3.05, 3.63) is 28.8 Å². The van der Waals surface area contributed by atoms with Gasteiger partial charge in [0.25, 0.3) is 0 Å². The van der Waals surface area contributed by atoms with Crippen molar-refractivity contribution in [1.82, 2.24) is 0 Å². The molecule has 2 N–H and O–H groups in total. The van der Waals surface area contributed by atoms with Crippen molar-refractivity contribution < 1.29 is 15.0 Å². The van der Waals surface area contributed by atoms with Crippen LogP contribution in [0.5, 0.6) is 5.75 Å². The maximum Gasteiger partial charge on any atom is 0.307 e. The normalized spacial score (nSPS) is 9.75. The minimum Gasteiger partial charge on any atom is -0.508 e. The van der Waals surface area contributed by atoms with Gasteiger partial charge in [0.15, 0.2) is 0 Å². The number of benzene rings is 1. The number of carboxylic acid groups (broad SMARTS) is 1. The van der Waals surface area contributed by atoms with E-state index in [9.17, 15) is 4.79 Å². The van der Waals surface area contributed by atoms with Gasteiger partial charge in [-0.2, -0.15) is 0 Å².